The van der Waals surface area contributed by atoms with Crippen LogP contribution in [0, 0.1) is 0 Å². The molecule has 1 aromatic carbocycles. The van der Waals surface area contributed by atoms with E-state index in [0.717, 1.165) is 10.6 Å². The van der Waals surface area contributed by atoms with Gasteiger partial charge in [-0.1, -0.05) is 12.1 Å². The number of hydrogen-bond acceptors (Lipinski definition) is 4. The topological polar surface area (TPSA) is 38.8 Å². The summed E-state index contributed by atoms with van der Waals surface area (Å²) in [5.74, 6) is 1.38. The molecular weight excluding hydrogens is 310 g/mol. The number of carbonyl (C=O) groups is 1. The lowest BCUT2D eigenvalue weighted by Crippen LogP contribution is -2.34. The summed E-state index contributed by atoms with van der Waals surface area (Å²) in [6.45, 7) is 7.36. The number of hydrogen-bond donors (Lipinski definition) is 0. The van der Waals surface area contributed by atoms with Crippen LogP contribution < -0.4 is 9.47 Å². The van der Waals surface area contributed by atoms with Crippen molar-refractivity contribution in [2.45, 2.75) is 13.5 Å². The van der Waals surface area contributed by atoms with E-state index in [2.05, 4.69) is 6.58 Å². The van der Waals surface area contributed by atoms with Gasteiger partial charge in [0.05, 0.1) is 13.2 Å². The van der Waals surface area contributed by atoms with E-state index in [4.69, 9.17) is 9.47 Å². The van der Waals surface area contributed by atoms with Crippen molar-refractivity contribution in [3.63, 3.8) is 0 Å². The lowest BCUT2D eigenvalue weighted by atomic mass is 10.3. The van der Waals surface area contributed by atoms with Gasteiger partial charge in [0, 0.05) is 11.4 Å². The number of carbonyl (C=O) groups excluding carboxylic acids is 1. The molecule has 1 aromatic heterocycles. The second-order valence-corrected chi connectivity index (χ2v) is 5.87. The normalized spacial score (nSPS) is 10.1. The molecule has 4 nitrogen and oxygen atoms in total. The van der Waals surface area contributed by atoms with Crippen LogP contribution in [0.3, 0.4) is 0 Å². The summed E-state index contributed by atoms with van der Waals surface area (Å²) in [5.41, 5.74) is 0. The molecule has 23 heavy (non-hydrogen) atoms. The number of nitrogens with zero attached hydrogens (tertiary/aromatic N) is 1. The van der Waals surface area contributed by atoms with Crippen LogP contribution in [0.5, 0.6) is 11.5 Å². The van der Waals surface area contributed by atoms with Crippen LogP contribution in [0.2, 0.25) is 0 Å². The fourth-order valence-corrected chi connectivity index (χ4v) is 2.76. The average molecular weight is 331 g/mol. The Bertz CT molecular complexity index is 608. The second-order valence-electron chi connectivity index (χ2n) is 4.84. The second kappa shape index (κ2) is 9.00. The Hall–Kier alpha value is -2.27. The quantitative estimate of drug-likeness (QED) is 0.657. The largest absolute Gasteiger partial charge is 0.494 e. The van der Waals surface area contributed by atoms with Crippen molar-refractivity contribution in [2.75, 3.05) is 19.8 Å². The molecule has 0 saturated carbocycles. The average Bonchev–Trinajstić information content (AvgIpc) is 3.07. The summed E-state index contributed by atoms with van der Waals surface area (Å²) in [6.07, 6.45) is 1.72. The molecule has 0 aliphatic heterocycles. The van der Waals surface area contributed by atoms with Gasteiger partial charge >= 0.3 is 0 Å². The zero-order chi connectivity index (χ0) is 16.5. The summed E-state index contributed by atoms with van der Waals surface area (Å²) in [5, 5.41) is 2.00. The highest BCUT2D eigenvalue weighted by Crippen LogP contribution is 2.18. The molecule has 0 saturated heterocycles. The minimum absolute atomic E-state index is 0.00714. The lowest BCUT2D eigenvalue weighted by Gasteiger charge is -2.20. The van der Waals surface area contributed by atoms with Crippen molar-refractivity contribution >= 4 is 17.2 Å². The third kappa shape index (κ3) is 5.45. The molecule has 122 valence electrons. The predicted molar refractivity (Wildman–Crippen MR) is 93.0 cm³/mol. The van der Waals surface area contributed by atoms with Gasteiger partial charge in [-0.25, -0.2) is 0 Å². The smallest absolute Gasteiger partial charge is 0.261 e. The summed E-state index contributed by atoms with van der Waals surface area (Å²) in [6, 6.07) is 11.3. The van der Waals surface area contributed by atoms with E-state index < -0.39 is 0 Å². The molecule has 1 heterocycles. The van der Waals surface area contributed by atoms with Crippen LogP contribution in [0.15, 0.2) is 54.4 Å². The van der Waals surface area contributed by atoms with Gasteiger partial charge in [0.15, 0.2) is 6.61 Å². The number of benzene rings is 1. The molecule has 0 radical (unpaired) electrons. The zero-order valence-electron chi connectivity index (χ0n) is 13.2. The van der Waals surface area contributed by atoms with Gasteiger partial charge in [0.2, 0.25) is 0 Å². The van der Waals surface area contributed by atoms with Crippen LogP contribution >= 0.6 is 11.3 Å². The monoisotopic (exact) mass is 331 g/mol. The van der Waals surface area contributed by atoms with E-state index in [1.54, 1.807) is 34.4 Å². The van der Waals surface area contributed by atoms with Gasteiger partial charge < -0.3 is 14.4 Å². The van der Waals surface area contributed by atoms with Crippen molar-refractivity contribution in [1.82, 2.24) is 4.90 Å². The Morgan fingerprint density at radius 2 is 1.91 bits per heavy atom. The minimum Gasteiger partial charge on any atom is -0.494 e. The molecule has 0 bridgehead atoms. The molecule has 0 fully saturated rings. The molecule has 0 N–H and O–H groups in total. The van der Waals surface area contributed by atoms with Gasteiger partial charge in [-0.2, -0.15) is 0 Å². The molecule has 5 heteroatoms. The van der Waals surface area contributed by atoms with Crippen LogP contribution in [0.4, 0.5) is 0 Å². The first-order valence-corrected chi connectivity index (χ1v) is 8.37. The summed E-state index contributed by atoms with van der Waals surface area (Å²) < 4.78 is 10.9. The van der Waals surface area contributed by atoms with E-state index >= 15 is 0 Å². The van der Waals surface area contributed by atoms with Crippen LogP contribution in [-0.2, 0) is 11.3 Å². The number of thiophene rings is 1. The molecule has 0 atom stereocenters. The molecule has 0 aliphatic rings. The Balaban J connectivity index is 1.89. The van der Waals surface area contributed by atoms with Gasteiger partial charge in [0.25, 0.3) is 5.91 Å². The molecule has 2 rings (SSSR count). The van der Waals surface area contributed by atoms with E-state index in [-0.39, 0.29) is 12.5 Å². The van der Waals surface area contributed by atoms with Crippen LogP contribution in [0.1, 0.15) is 11.8 Å². The van der Waals surface area contributed by atoms with Gasteiger partial charge in [-0.3, -0.25) is 4.79 Å². The fourth-order valence-electron chi connectivity index (χ4n) is 2.04. The van der Waals surface area contributed by atoms with E-state index in [9.17, 15) is 4.79 Å². The summed E-state index contributed by atoms with van der Waals surface area (Å²) >= 11 is 1.63. The standard InChI is InChI=1S/C18H21NO3S/c1-3-11-19(13-17-6-5-12-23-17)18(20)14-22-16-9-7-15(8-10-16)21-4-2/h3,5-10,12H,1,4,11,13-14H2,2H3. The number of amides is 1. The van der Waals surface area contributed by atoms with Crippen LogP contribution in [-0.4, -0.2) is 30.6 Å². The number of ether oxygens (including phenoxy) is 2. The van der Waals surface area contributed by atoms with E-state index in [1.807, 2.05) is 36.6 Å². The third-order valence-electron chi connectivity index (χ3n) is 3.13. The van der Waals surface area contributed by atoms with Gasteiger partial charge in [0.1, 0.15) is 11.5 Å². The highest BCUT2D eigenvalue weighted by atomic mass is 32.1. The Kier molecular flexibility index (Phi) is 6.69. The summed E-state index contributed by atoms with van der Waals surface area (Å²) in [7, 11) is 0. The van der Waals surface area contributed by atoms with Gasteiger partial charge in [-0.05, 0) is 42.6 Å². The van der Waals surface area contributed by atoms with E-state index in [1.165, 1.54) is 0 Å². The predicted octanol–water partition coefficient (Wildman–Crippen LogP) is 3.74. The first-order valence-electron chi connectivity index (χ1n) is 7.49. The molecule has 0 spiro atoms. The van der Waals surface area contributed by atoms with Crippen LogP contribution in [0.25, 0.3) is 0 Å². The SMILES string of the molecule is C=CCN(Cc1cccs1)C(=O)COc1ccc(OCC)cc1. The molecule has 2 aromatic rings. The molecular formula is C18H21NO3S. The first-order chi connectivity index (χ1) is 11.2. The molecule has 0 unspecified atom stereocenters. The fraction of sp³-hybridized carbons (Fsp3) is 0.278. The molecule has 1 amide bonds. The maximum absolute atomic E-state index is 12.3. The Labute approximate surface area is 141 Å². The van der Waals surface area contributed by atoms with Gasteiger partial charge in [-0.15, -0.1) is 17.9 Å². The Morgan fingerprint density at radius 1 is 1.22 bits per heavy atom. The van der Waals surface area contributed by atoms with Crippen molar-refractivity contribution < 1.29 is 14.3 Å². The third-order valence-corrected chi connectivity index (χ3v) is 3.99. The number of rotatable bonds is 9. The minimum atomic E-state index is -0.0628. The molecule has 0 aliphatic carbocycles. The first kappa shape index (κ1) is 17.1. The lowest BCUT2D eigenvalue weighted by molar-refractivity contribution is -0.133. The maximum atomic E-state index is 12.3. The highest BCUT2D eigenvalue weighted by molar-refractivity contribution is 7.09. The van der Waals surface area contributed by atoms with Crippen molar-refractivity contribution in [2.24, 2.45) is 0 Å². The highest BCUT2D eigenvalue weighted by Gasteiger charge is 2.14. The maximum Gasteiger partial charge on any atom is 0.261 e. The Morgan fingerprint density at radius 3 is 2.48 bits per heavy atom. The van der Waals surface area contributed by atoms with Crippen molar-refractivity contribution in [3.8, 4) is 11.5 Å². The van der Waals surface area contributed by atoms with E-state index in [0.29, 0.717) is 25.4 Å². The van der Waals surface area contributed by atoms with Crippen molar-refractivity contribution in [3.05, 3.63) is 59.3 Å². The zero-order valence-corrected chi connectivity index (χ0v) is 14.1. The van der Waals surface area contributed by atoms with Crippen molar-refractivity contribution in [1.29, 1.82) is 0 Å². The summed E-state index contributed by atoms with van der Waals surface area (Å²) in [4.78, 5) is 15.2.